The number of nitrogens with two attached hydrogens (primary N) is 1. The molecule has 0 saturated carbocycles. The number of rotatable bonds is 2. The molecule has 0 fully saturated rings. The van der Waals surface area contributed by atoms with Crippen molar-refractivity contribution in [3.05, 3.63) is 34.3 Å². The Labute approximate surface area is 89.4 Å². The summed E-state index contributed by atoms with van der Waals surface area (Å²) in [7, 11) is 0. The van der Waals surface area contributed by atoms with Gasteiger partial charge in [-0.25, -0.2) is 0 Å². The molecule has 0 atom stereocenters. The third-order valence-corrected chi connectivity index (χ3v) is 1.90. The minimum Gasteiger partial charge on any atom is -0.387 e. The summed E-state index contributed by atoms with van der Waals surface area (Å²) in [4.78, 5) is 0. The zero-order valence-electron chi connectivity index (χ0n) is 7.53. The molecule has 82 valence electrons. The standard InChI is InChI=1S/C9H8ClF3N2/c10-7-2-5(3-8(14)15)1-6(4-7)9(11,12)13/h1-2,4H,3H2,(H3,14,15). The number of halogens is 4. The number of alkyl halides is 3. The first-order chi connectivity index (χ1) is 6.79. The van der Waals surface area contributed by atoms with Crippen LogP contribution in [0.15, 0.2) is 18.2 Å². The quantitative estimate of drug-likeness (QED) is 0.602. The molecule has 0 bridgehead atoms. The molecule has 1 aromatic rings. The minimum atomic E-state index is -4.43. The Balaban J connectivity index is 3.11. The number of nitrogens with one attached hydrogen (secondary N) is 1. The van der Waals surface area contributed by atoms with Crippen molar-refractivity contribution in [2.24, 2.45) is 5.73 Å². The molecule has 0 heterocycles. The van der Waals surface area contributed by atoms with Crippen molar-refractivity contribution in [3.8, 4) is 0 Å². The largest absolute Gasteiger partial charge is 0.416 e. The van der Waals surface area contributed by atoms with E-state index in [2.05, 4.69) is 0 Å². The topological polar surface area (TPSA) is 49.9 Å². The summed E-state index contributed by atoms with van der Waals surface area (Å²) in [5, 5.41) is 6.97. The maximum absolute atomic E-state index is 12.3. The Hall–Kier alpha value is -1.23. The van der Waals surface area contributed by atoms with Gasteiger partial charge in [0.1, 0.15) is 0 Å². The highest BCUT2D eigenvalue weighted by atomic mass is 35.5. The zero-order valence-corrected chi connectivity index (χ0v) is 8.28. The van der Waals surface area contributed by atoms with Crippen LogP contribution in [0.5, 0.6) is 0 Å². The minimum absolute atomic E-state index is 0.0129. The smallest absolute Gasteiger partial charge is 0.387 e. The first-order valence-electron chi connectivity index (χ1n) is 3.98. The molecule has 0 saturated heterocycles. The molecule has 0 amide bonds. The van der Waals surface area contributed by atoms with Crippen molar-refractivity contribution < 1.29 is 13.2 Å². The van der Waals surface area contributed by atoms with Gasteiger partial charge in [0.2, 0.25) is 0 Å². The average Bonchev–Trinajstić information content (AvgIpc) is 1.99. The van der Waals surface area contributed by atoms with Gasteiger partial charge in [0.15, 0.2) is 0 Å². The van der Waals surface area contributed by atoms with E-state index in [9.17, 15) is 13.2 Å². The van der Waals surface area contributed by atoms with Gasteiger partial charge in [-0.3, -0.25) is 5.41 Å². The number of hydrogen-bond donors (Lipinski definition) is 2. The van der Waals surface area contributed by atoms with Gasteiger partial charge in [-0.15, -0.1) is 0 Å². The first-order valence-corrected chi connectivity index (χ1v) is 4.36. The van der Waals surface area contributed by atoms with Gasteiger partial charge in [-0.2, -0.15) is 13.2 Å². The molecule has 1 aromatic carbocycles. The molecule has 6 heteroatoms. The van der Waals surface area contributed by atoms with Crippen LogP contribution < -0.4 is 5.73 Å². The van der Waals surface area contributed by atoms with E-state index in [0.717, 1.165) is 12.1 Å². The summed E-state index contributed by atoms with van der Waals surface area (Å²) in [5.41, 5.74) is 4.55. The lowest BCUT2D eigenvalue weighted by molar-refractivity contribution is -0.137. The van der Waals surface area contributed by atoms with Gasteiger partial charge in [-0.05, 0) is 23.8 Å². The van der Waals surface area contributed by atoms with Crippen LogP contribution in [-0.2, 0) is 12.6 Å². The molecule has 0 aliphatic rings. The highest BCUT2D eigenvalue weighted by Gasteiger charge is 2.31. The molecule has 1 rings (SSSR count). The number of benzene rings is 1. The fraction of sp³-hybridized carbons (Fsp3) is 0.222. The lowest BCUT2D eigenvalue weighted by atomic mass is 10.1. The molecule has 0 aromatic heterocycles. The second kappa shape index (κ2) is 4.10. The van der Waals surface area contributed by atoms with Crippen LogP contribution in [0.3, 0.4) is 0 Å². The average molecular weight is 237 g/mol. The van der Waals surface area contributed by atoms with Crippen molar-refractivity contribution >= 4 is 17.4 Å². The SMILES string of the molecule is N=C(N)Cc1cc(Cl)cc(C(F)(F)F)c1. The highest BCUT2D eigenvalue weighted by Crippen LogP contribution is 2.31. The summed E-state index contributed by atoms with van der Waals surface area (Å²) in [6.07, 6.45) is -4.47. The summed E-state index contributed by atoms with van der Waals surface area (Å²) in [5.74, 6) is -0.203. The first kappa shape index (κ1) is 11.8. The fourth-order valence-electron chi connectivity index (χ4n) is 1.14. The van der Waals surface area contributed by atoms with Gasteiger partial charge in [0.05, 0.1) is 11.4 Å². The summed E-state index contributed by atoms with van der Waals surface area (Å²) < 4.78 is 37.0. The van der Waals surface area contributed by atoms with Gasteiger partial charge < -0.3 is 5.73 Å². The molecule has 0 spiro atoms. The number of amidine groups is 1. The molecule has 0 aliphatic heterocycles. The number of hydrogen-bond acceptors (Lipinski definition) is 1. The van der Waals surface area contributed by atoms with Crippen molar-refractivity contribution in [2.45, 2.75) is 12.6 Å². The van der Waals surface area contributed by atoms with E-state index >= 15 is 0 Å². The zero-order chi connectivity index (χ0) is 11.6. The van der Waals surface area contributed by atoms with Gasteiger partial charge >= 0.3 is 6.18 Å². The lowest BCUT2D eigenvalue weighted by Crippen LogP contribution is -2.13. The van der Waals surface area contributed by atoms with E-state index in [1.165, 1.54) is 6.07 Å². The van der Waals surface area contributed by atoms with E-state index < -0.39 is 11.7 Å². The predicted molar refractivity (Wildman–Crippen MR) is 52.1 cm³/mol. The van der Waals surface area contributed by atoms with E-state index in [1.807, 2.05) is 0 Å². The van der Waals surface area contributed by atoms with Crippen LogP contribution >= 0.6 is 11.6 Å². The molecule has 15 heavy (non-hydrogen) atoms. The van der Waals surface area contributed by atoms with Crippen LogP contribution in [0, 0.1) is 5.41 Å². The second-order valence-corrected chi connectivity index (χ2v) is 3.48. The molecule has 0 radical (unpaired) electrons. The summed E-state index contributed by atoms with van der Waals surface area (Å²) in [6.45, 7) is 0. The normalized spacial score (nSPS) is 11.5. The van der Waals surface area contributed by atoms with E-state index in [-0.39, 0.29) is 22.8 Å². The van der Waals surface area contributed by atoms with Gasteiger partial charge in [-0.1, -0.05) is 11.6 Å². The molecule has 3 N–H and O–H groups in total. The Morgan fingerprint density at radius 2 is 1.93 bits per heavy atom. The van der Waals surface area contributed by atoms with Gasteiger partial charge in [0.25, 0.3) is 0 Å². The highest BCUT2D eigenvalue weighted by molar-refractivity contribution is 6.30. The maximum atomic E-state index is 12.3. The van der Waals surface area contributed by atoms with Crippen LogP contribution in [0.4, 0.5) is 13.2 Å². The Morgan fingerprint density at radius 3 is 2.40 bits per heavy atom. The van der Waals surface area contributed by atoms with Crippen molar-refractivity contribution in [3.63, 3.8) is 0 Å². The summed E-state index contributed by atoms with van der Waals surface area (Å²) >= 11 is 5.53. The lowest BCUT2D eigenvalue weighted by Gasteiger charge is -2.09. The van der Waals surface area contributed by atoms with E-state index in [0.29, 0.717) is 0 Å². The summed E-state index contributed by atoms with van der Waals surface area (Å²) in [6, 6.07) is 3.14. The third-order valence-electron chi connectivity index (χ3n) is 1.68. The molecule has 0 aliphatic carbocycles. The van der Waals surface area contributed by atoms with Gasteiger partial charge in [0, 0.05) is 11.4 Å². The van der Waals surface area contributed by atoms with Crippen LogP contribution in [0.25, 0.3) is 0 Å². The molecular weight excluding hydrogens is 229 g/mol. The molecule has 2 nitrogen and oxygen atoms in total. The Morgan fingerprint density at radius 1 is 1.33 bits per heavy atom. The van der Waals surface area contributed by atoms with Crippen molar-refractivity contribution in [2.75, 3.05) is 0 Å². The van der Waals surface area contributed by atoms with Crippen molar-refractivity contribution in [1.82, 2.24) is 0 Å². The van der Waals surface area contributed by atoms with Crippen LogP contribution in [-0.4, -0.2) is 5.84 Å². The van der Waals surface area contributed by atoms with Crippen molar-refractivity contribution in [1.29, 1.82) is 5.41 Å². The van der Waals surface area contributed by atoms with E-state index in [1.54, 1.807) is 0 Å². The monoisotopic (exact) mass is 236 g/mol. The fourth-order valence-corrected chi connectivity index (χ4v) is 1.39. The van der Waals surface area contributed by atoms with Crippen LogP contribution in [0.2, 0.25) is 5.02 Å². The third kappa shape index (κ3) is 3.43. The maximum Gasteiger partial charge on any atom is 0.416 e. The van der Waals surface area contributed by atoms with Crippen LogP contribution in [0.1, 0.15) is 11.1 Å². The molecule has 0 unspecified atom stereocenters. The Bertz CT molecular complexity index is 387. The molecular formula is C9H8ClF3N2. The van der Waals surface area contributed by atoms with E-state index in [4.69, 9.17) is 22.7 Å². The second-order valence-electron chi connectivity index (χ2n) is 3.05. The Kier molecular flexibility index (Phi) is 3.24. The predicted octanol–water partition coefficient (Wildman–Crippen LogP) is 2.84.